The minimum Gasteiger partial charge on any atom is -0.431 e. The predicted molar refractivity (Wildman–Crippen MR) is 140 cm³/mol. The zero-order valence-electron chi connectivity index (χ0n) is 22.8. The molecule has 3 unspecified atom stereocenters. The molecule has 3 saturated carbocycles. The molecule has 4 aliphatic rings. The van der Waals surface area contributed by atoms with Gasteiger partial charge in [0.25, 0.3) is 0 Å². The molecule has 4 aliphatic carbocycles. The molecule has 0 radical (unpaired) electrons. The molecule has 1 aromatic rings. The van der Waals surface area contributed by atoms with E-state index in [2.05, 4.69) is 19.9 Å². The van der Waals surface area contributed by atoms with Crippen molar-refractivity contribution in [3.63, 3.8) is 0 Å². The molecule has 8 heteroatoms. The molecule has 8 nitrogen and oxygen atoms in total. The lowest BCUT2D eigenvalue weighted by Gasteiger charge is -2.62. The SMILES string of the molecule is C[C@@H](CO)O[C@@H](O[C@@H]1C=C2CCC3C(CC[C@]4(C)C(c5ccc(=O)oc5)CC[C@]34O)[C@@]2(C)CC1)[C@H](O)CO. The van der Waals surface area contributed by atoms with Gasteiger partial charge in [-0.15, -0.1) is 0 Å². The number of fused-ring (bicyclic) bond motifs is 5. The maximum absolute atomic E-state index is 12.4. The van der Waals surface area contributed by atoms with E-state index in [0.29, 0.717) is 5.92 Å². The zero-order chi connectivity index (χ0) is 27.3. The summed E-state index contributed by atoms with van der Waals surface area (Å²) in [5.41, 5.74) is 0.973. The summed E-state index contributed by atoms with van der Waals surface area (Å²) in [4.78, 5) is 11.5. The first-order valence-corrected chi connectivity index (χ1v) is 14.3. The smallest absolute Gasteiger partial charge is 0.335 e. The van der Waals surface area contributed by atoms with Crippen molar-refractivity contribution in [3.05, 3.63) is 46.0 Å². The average molecular weight is 533 g/mol. The van der Waals surface area contributed by atoms with Crippen molar-refractivity contribution < 1.29 is 34.3 Å². The zero-order valence-corrected chi connectivity index (χ0v) is 22.8. The first-order chi connectivity index (χ1) is 18.1. The normalized spacial score (nSPS) is 40.9. The van der Waals surface area contributed by atoms with Crippen LogP contribution in [0, 0.1) is 22.7 Å². The molecule has 38 heavy (non-hydrogen) atoms. The molecule has 0 amide bonds. The van der Waals surface area contributed by atoms with Gasteiger partial charge >= 0.3 is 5.63 Å². The highest BCUT2D eigenvalue weighted by atomic mass is 16.7. The Hall–Kier alpha value is -1.55. The third kappa shape index (κ3) is 4.51. The van der Waals surface area contributed by atoms with Crippen molar-refractivity contribution in [1.82, 2.24) is 0 Å². The Balaban J connectivity index is 1.35. The lowest BCUT2D eigenvalue weighted by Crippen LogP contribution is -2.60. The number of aliphatic hydroxyl groups is 4. The van der Waals surface area contributed by atoms with Gasteiger partial charge in [-0.1, -0.05) is 25.5 Å². The van der Waals surface area contributed by atoms with E-state index in [1.54, 1.807) is 13.2 Å². The Morgan fingerprint density at radius 2 is 1.84 bits per heavy atom. The van der Waals surface area contributed by atoms with Crippen molar-refractivity contribution in [2.75, 3.05) is 13.2 Å². The van der Waals surface area contributed by atoms with Gasteiger partial charge in [0.05, 0.1) is 37.3 Å². The molecule has 3 fully saturated rings. The van der Waals surface area contributed by atoms with Crippen molar-refractivity contribution in [3.8, 4) is 0 Å². The number of ether oxygens (including phenoxy) is 2. The van der Waals surface area contributed by atoms with Crippen LogP contribution in [-0.2, 0) is 9.47 Å². The van der Waals surface area contributed by atoms with Crippen LogP contribution in [-0.4, -0.2) is 63.8 Å². The molecule has 0 saturated heterocycles. The first kappa shape index (κ1) is 28.0. The van der Waals surface area contributed by atoms with E-state index in [-0.39, 0.29) is 41.0 Å². The molecule has 0 spiro atoms. The third-order valence-electron chi connectivity index (χ3n) is 10.8. The fraction of sp³-hybridized carbons (Fsp3) is 0.767. The highest BCUT2D eigenvalue weighted by molar-refractivity contribution is 5.31. The van der Waals surface area contributed by atoms with E-state index in [4.69, 9.17) is 13.9 Å². The van der Waals surface area contributed by atoms with E-state index in [1.165, 1.54) is 11.6 Å². The topological polar surface area (TPSA) is 130 Å². The Kier molecular flexibility index (Phi) is 7.70. The van der Waals surface area contributed by atoms with Crippen LogP contribution in [0.4, 0.5) is 0 Å². The number of aliphatic hydroxyl groups excluding tert-OH is 3. The van der Waals surface area contributed by atoms with Gasteiger partial charge in [0.1, 0.15) is 6.10 Å². The van der Waals surface area contributed by atoms with Gasteiger partial charge in [-0.2, -0.15) is 0 Å². The second-order valence-corrected chi connectivity index (χ2v) is 12.7. The van der Waals surface area contributed by atoms with E-state index in [0.717, 1.165) is 56.9 Å². The molecule has 0 bridgehead atoms. The standard InChI is InChI=1S/C30H44O8/c1-18(15-31)37-27(25(33)16-32)38-21-8-11-28(2)20(14-21)5-6-24-23(28)9-12-29(3)22(10-13-30(24,29)35)19-4-7-26(34)36-17-19/h4,7,14,17-18,21-25,27,31-33,35H,5-6,8-13,15-16H2,1-3H3/t18-,21-,22?,23?,24?,25+,27-,28-,29+,30-/m0/s1. The summed E-state index contributed by atoms with van der Waals surface area (Å²) in [5, 5.41) is 41.5. The van der Waals surface area contributed by atoms with Gasteiger partial charge in [-0.25, -0.2) is 4.79 Å². The Bertz CT molecular complexity index is 1060. The van der Waals surface area contributed by atoms with Crippen molar-refractivity contribution in [1.29, 1.82) is 0 Å². The minimum absolute atomic E-state index is 0.0260. The summed E-state index contributed by atoms with van der Waals surface area (Å²) in [7, 11) is 0. The van der Waals surface area contributed by atoms with Gasteiger partial charge in [0, 0.05) is 11.5 Å². The van der Waals surface area contributed by atoms with E-state index < -0.39 is 30.7 Å². The van der Waals surface area contributed by atoms with Gasteiger partial charge in [0.2, 0.25) is 0 Å². The number of hydrogen-bond acceptors (Lipinski definition) is 8. The number of allylic oxidation sites excluding steroid dienone is 1. The molecule has 10 atom stereocenters. The summed E-state index contributed by atoms with van der Waals surface area (Å²) in [6, 6.07) is 3.36. The molecule has 0 aromatic carbocycles. The van der Waals surface area contributed by atoms with Crippen LogP contribution in [0.5, 0.6) is 0 Å². The third-order valence-corrected chi connectivity index (χ3v) is 10.8. The molecule has 1 aromatic heterocycles. The lowest BCUT2D eigenvalue weighted by atomic mass is 9.45. The molecule has 0 aliphatic heterocycles. The average Bonchev–Trinajstić information content (AvgIpc) is 3.19. The lowest BCUT2D eigenvalue weighted by molar-refractivity contribution is -0.238. The van der Waals surface area contributed by atoms with Gasteiger partial charge in [0.15, 0.2) is 6.29 Å². The Morgan fingerprint density at radius 3 is 2.53 bits per heavy atom. The van der Waals surface area contributed by atoms with Gasteiger partial charge in [-0.3, -0.25) is 0 Å². The van der Waals surface area contributed by atoms with E-state index in [9.17, 15) is 25.2 Å². The largest absolute Gasteiger partial charge is 0.431 e. The fourth-order valence-corrected chi connectivity index (χ4v) is 8.62. The van der Waals surface area contributed by atoms with Crippen LogP contribution in [0.15, 0.2) is 39.3 Å². The highest BCUT2D eigenvalue weighted by Crippen LogP contribution is 2.70. The summed E-state index contributed by atoms with van der Waals surface area (Å²) in [6.45, 7) is 5.60. The van der Waals surface area contributed by atoms with Crippen LogP contribution < -0.4 is 5.63 Å². The molecule has 1 heterocycles. The van der Waals surface area contributed by atoms with Crippen molar-refractivity contribution in [2.45, 2.75) is 108 Å². The van der Waals surface area contributed by atoms with E-state index >= 15 is 0 Å². The monoisotopic (exact) mass is 532 g/mol. The number of rotatable bonds is 8. The Morgan fingerprint density at radius 1 is 1.05 bits per heavy atom. The summed E-state index contributed by atoms with van der Waals surface area (Å²) < 4.78 is 17.0. The maximum atomic E-state index is 12.4. The molecule has 4 N–H and O–H groups in total. The number of hydrogen-bond donors (Lipinski definition) is 4. The van der Waals surface area contributed by atoms with Crippen molar-refractivity contribution >= 4 is 0 Å². The molecule has 212 valence electrons. The van der Waals surface area contributed by atoms with Crippen LogP contribution in [0.3, 0.4) is 0 Å². The van der Waals surface area contributed by atoms with Crippen LogP contribution >= 0.6 is 0 Å². The summed E-state index contributed by atoms with van der Waals surface area (Å²) in [5.74, 6) is 0.751. The van der Waals surface area contributed by atoms with Gasteiger partial charge < -0.3 is 34.3 Å². The summed E-state index contributed by atoms with van der Waals surface area (Å²) >= 11 is 0. The second kappa shape index (κ2) is 10.5. The fourth-order valence-electron chi connectivity index (χ4n) is 8.62. The molecular formula is C30H44O8. The molecule has 5 rings (SSSR count). The minimum atomic E-state index is -1.19. The van der Waals surface area contributed by atoms with Crippen LogP contribution in [0.25, 0.3) is 0 Å². The summed E-state index contributed by atoms with van der Waals surface area (Å²) in [6.07, 6.45) is 7.91. The van der Waals surface area contributed by atoms with Crippen molar-refractivity contribution in [2.24, 2.45) is 22.7 Å². The van der Waals surface area contributed by atoms with Gasteiger partial charge in [-0.05, 0) is 93.1 Å². The first-order valence-electron chi connectivity index (χ1n) is 14.3. The predicted octanol–water partition coefficient (Wildman–Crippen LogP) is 3.26. The molecular weight excluding hydrogens is 488 g/mol. The quantitative estimate of drug-likeness (QED) is 0.297. The van der Waals surface area contributed by atoms with E-state index in [1.807, 2.05) is 6.07 Å². The Labute approximate surface area is 224 Å². The van der Waals surface area contributed by atoms with Crippen LogP contribution in [0.2, 0.25) is 0 Å². The second-order valence-electron chi connectivity index (χ2n) is 12.7. The maximum Gasteiger partial charge on any atom is 0.335 e. The highest BCUT2D eigenvalue weighted by Gasteiger charge is 2.66. The van der Waals surface area contributed by atoms with Crippen LogP contribution in [0.1, 0.15) is 83.6 Å².